The minimum absolute atomic E-state index is 0.661. The van der Waals surface area contributed by atoms with Crippen molar-refractivity contribution in [1.82, 2.24) is 4.57 Å². The molecule has 68 valence electrons. The van der Waals surface area contributed by atoms with E-state index in [4.69, 9.17) is 5.26 Å². The molecular formula is C11H7IN2. The lowest BCUT2D eigenvalue weighted by molar-refractivity contribution is 1.04. The van der Waals surface area contributed by atoms with Crippen molar-refractivity contribution in [2.75, 3.05) is 0 Å². The third-order valence-corrected chi connectivity index (χ3v) is 2.89. The lowest BCUT2D eigenvalue weighted by Gasteiger charge is -2.06. The van der Waals surface area contributed by atoms with Gasteiger partial charge >= 0.3 is 0 Å². The number of benzene rings is 1. The third kappa shape index (κ3) is 1.53. The van der Waals surface area contributed by atoms with Gasteiger partial charge in [-0.3, -0.25) is 0 Å². The summed E-state index contributed by atoms with van der Waals surface area (Å²) in [6.07, 6.45) is 1.90. The van der Waals surface area contributed by atoms with Gasteiger partial charge in [-0.25, -0.2) is 0 Å². The quantitative estimate of drug-likeness (QED) is 0.743. The van der Waals surface area contributed by atoms with E-state index in [9.17, 15) is 0 Å². The van der Waals surface area contributed by atoms with Crippen LogP contribution in [0.4, 0.5) is 0 Å². The van der Waals surface area contributed by atoms with Crippen LogP contribution in [0.1, 0.15) is 5.69 Å². The molecule has 0 saturated heterocycles. The largest absolute Gasteiger partial charge is 0.307 e. The van der Waals surface area contributed by atoms with Crippen LogP contribution in [0, 0.1) is 14.9 Å². The zero-order valence-electron chi connectivity index (χ0n) is 7.31. The van der Waals surface area contributed by atoms with Gasteiger partial charge in [0.15, 0.2) is 0 Å². The smallest absolute Gasteiger partial charge is 0.124 e. The average Bonchev–Trinajstić information content (AvgIpc) is 2.66. The topological polar surface area (TPSA) is 28.7 Å². The summed E-state index contributed by atoms with van der Waals surface area (Å²) in [4.78, 5) is 0. The van der Waals surface area contributed by atoms with Gasteiger partial charge in [-0.2, -0.15) is 5.26 Å². The molecule has 0 saturated carbocycles. The number of para-hydroxylation sites is 1. The van der Waals surface area contributed by atoms with E-state index in [2.05, 4.69) is 28.7 Å². The maximum atomic E-state index is 8.89. The van der Waals surface area contributed by atoms with Gasteiger partial charge in [-0.15, -0.1) is 0 Å². The van der Waals surface area contributed by atoms with E-state index >= 15 is 0 Å². The van der Waals surface area contributed by atoms with Gasteiger partial charge in [0, 0.05) is 9.77 Å². The van der Waals surface area contributed by atoms with Crippen LogP contribution in [0.2, 0.25) is 0 Å². The number of hydrogen-bond acceptors (Lipinski definition) is 1. The Labute approximate surface area is 95.9 Å². The SMILES string of the molecule is N#Cc1cccn1-c1ccccc1I. The van der Waals surface area contributed by atoms with E-state index in [1.807, 2.05) is 47.2 Å². The second-order valence-electron chi connectivity index (χ2n) is 2.83. The molecule has 0 bridgehead atoms. The number of nitriles is 1. The van der Waals surface area contributed by atoms with Crippen molar-refractivity contribution in [2.45, 2.75) is 0 Å². The summed E-state index contributed by atoms with van der Waals surface area (Å²) < 4.78 is 3.03. The van der Waals surface area contributed by atoms with Gasteiger partial charge in [-0.05, 0) is 46.9 Å². The van der Waals surface area contributed by atoms with Crippen molar-refractivity contribution in [3.63, 3.8) is 0 Å². The van der Waals surface area contributed by atoms with Crippen molar-refractivity contribution in [3.05, 3.63) is 51.9 Å². The molecule has 1 aromatic carbocycles. The molecule has 1 heterocycles. The van der Waals surface area contributed by atoms with Crippen LogP contribution in [0.15, 0.2) is 42.6 Å². The van der Waals surface area contributed by atoms with E-state index in [-0.39, 0.29) is 0 Å². The number of nitrogens with zero attached hydrogens (tertiary/aromatic N) is 2. The fraction of sp³-hybridized carbons (Fsp3) is 0. The highest BCUT2D eigenvalue weighted by atomic mass is 127. The minimum atomic E-state index is 0.661. The Morgan fingerprint density at radius 3 is 2.64 bits per heavy atom. The fourth-order valence-corrected chi connectivity index (χ4v) is 1.98. The third-order valence-electron chi connectivity index (χ3n) is 1.98. The Hall–Kier alpha value is -1.28. The van der Waals surface area contributed by atoms with Crippen molar-refractivity contribution < 1.29 is 0 Å². The van der Waals surface area contributed by atoms with Crippen molar-refractivity contribution in [3.8, 4) is 11.8 Å². The molecule has 0 aliphatic carbocycles. The molecule has 0 atom stereocenters. The maximum Gasteiger partial charge on any atom is 0.124 e. The molecule has 2 aromatic rings. The van der Waals surface area contributed by atoms with Gasteiger partial charge < -0.3 is 4.57 Å². The molecule has 0 amide bonds. The summed E-state index contributed by atoms with van der Waals surface area (Å²) in [6.45, 7) is 0. The average molecular weight is 294 g/mol. The molecule has 0 fully saturated rings. The van der Waals surface area contributed by atoms with Gasteiger partial charge in [0.05, 0.1) is 5.69 Å². The summed E-state index contributed by atoms with van der Waals surface area (Å²) in [5, 5.41) is 8.89. The molecular weight excluding hydrogens is 287 g/mol. The Morgan fingerprint density at radius 1 is 1.14 bits per heavy atom. The Balaban J connectivity index is 2.62. The maximum absolute atomic E-state index is 8.89. The predicted molar refractivity (Wildman–Crippen MR) is 63.2 cm³/mol. The normalized spacial score (nSPS) is 9.71. The highest BCUT2D eigenvalue weighted by Gasteiger charge is 2.04. The number of aromatic nitrogens is 1. The molecule has 2 nitrogen and oxygen atoms in total. The van der Waals surface area contributed by atoms with E-state index in [1.165, 1.54) is 0 Å². The molecule has 0 spiro atoms. The molecule has 1 aromatic heterocycles. The van der Waals surface area contributed by atoms with Crippen LogP contribution < -0.4 is 0 Å². The summed E-state index contributed by atoms with van der Waals surface area (Å²) in [7, 11) is 0. The molecule has 0 aliphatic rings. The Morgan fingerprint density at radius 2 is 1.93 bits per heavy atom. The summed E-state index contributed by atoms with van der Waals surface area (Å²) in [5.41, 5.74) is 1.71. The number of hydrogen-bond donors (Lipinski definition) is 0. The lowest BCUT2D eigenvalue weighted by Crippen LogP contribution is -1.97. The Kier molecular flexibility index (Phi) is 2.55. The van der Waals surface area contributed by atoms with Crippen molar-refractivity contribution in [2.24, 2.45) is 0 Å². The van der Waals surface area contributed by atoms with Crippen LogP contribution in [0.3, 0.4) is 0 Å². The minimum Gasteiger partial charge on any atom is -0.307 e. The first-order valence-corrected chi connectivity index (χ1v) is 5.23. The van der Waals surface area contributed by atoms with Crippen LogP contribution in [0.25, 0.3) is 5.69 Å². The fourth-order valence-electron chi connectivity index (χ4n) is 1.33. The van der Waals surface area contributed by atoms with E-state index < -0.39 is 0 Å². The number of halogens is 1. The van der Waals surface area contributed by atoms with E-state index in [0.29, 0.717) is 5.69 Å². The second kappa shape index (κ2) is 3.84. The standard InChI is InChI=1S/C11H7IN2/c12-10-5-1-2-6-11(10)14-7-3-4-9(14)8-13/h1-7H. The van der Waals surface area contributed by atoms with E-state index in [0.717, 1.165) is 9.26 Å². The summed E-state index contributed by atoms with van der Waals surface area (Å²) in [6, 6.07) is 13.8. The van der Waals surface area contributed by atoms with Crippen LogP contribution in [-0.2, 0) is 0 Å². The van der Waals surface area contributed by atoms with E-state index in [1.54, 1.807) is 0 Å². The molecule has 0 unspecified atom stereocenters. The van der Waals surface area contributed by atoms with Crippen LogP contribution in [-0.4, -0.2) is 4.57 Å². The Bertz CT molecular complexity index is 494. The molecule has 14 heavy (non-hydrogen) atoms. The van der Waals surface area contributed by atoms with Gasteiger partial charge in [0.25, 0.3) is 0 Å². The second-order valence-corrected chi connectivity index (χ2v) is 3.99. The predicted octanol–water partition coefficient (Wildman–Crippen LogP) is 2.95. The molecule has 0 N–H and O–H groups in total. The molecule has 2 rings (SSSR count). The zero-order chi connectivity index (χ0) is 9.97. The van der Waals surface area contributed by atoms with Gasteiger partial charge in [-0.1, -0.05) is 12.1 Å². The van der Waals surface area contributed by atoms with Crippen molar-refractivity contribution in [1.29, 1.82) is 5.26 Å². The highest BCUT2D eigenvalue weighted by Crippen LogP contribution is 2.18. The number of rotatable bonds is 1. The van der Waals surface area contributed by atoms with Gasteiger partial charge in [0.2, 0.25) is 0 Å². The first-order valence-electron chi connectivity index (χ1n) is 4.15. The molecule has 0 radical (unpaired) electrons. The summed E-state index contributed by atoms with van der Waals surface area (Å²) in [5.74, 6) is 0. The van der Waals surface area contributed by atoms with Gasteiger partial charge in [0.1, 0.15) is 11.8 Å². The van der Waals surface area contributed by atoms with Crippen LogP contribution >= 0.6 is 22.6 Å². The summed E-state index contributed by atoms with van der Waals surface area (Å²) >= 11 is 2.26. The monoisotopic (exact) mass is 294 g/mol. The lowest BCUT2D eigenvalue weighted by atomic mass is 10.3. The van der Waals surface area contributed by atoms with Crippen LogP contribution in [0.5, 0.6) is 0 Å². The first-order chi connectivity index (χ1) is 6.83. The molecule has 3 heteroatoms. The first kappa shape index (κ1) is 9.28. The zero-order valence-corrected chi connectivity index (χ0v) is 9.47. The highest BCUT2D eigenvalue weighted by molar-refractivity contribution is 14.1. The molecule has 0 aliphatic heterocycles. The van der Waals surface area contributed by atoms with Crippen molar-refractivity contribution >= 4 is 22.6 Å².